The third-order valence-corrected chi connectivity index (χ3v) is 4.60. The van der Waals surface area contributed by atoms with Crippen molar-refractivity contribution in [1.82, 2.24) is 10.3 Å². The van der Waals surface area contributed by atoms with Gasteiger partial charge in [-0.1, -0.05) is 18.2 Å². The number of aryl methyl sites for hydroxylation is 1. The highest BCUT2D eigenvalue weighted by Crippen LogP contribution is 2.48. The Kier molecular flexibility index (Phi) is 3.49. The molecule has 1 heterocycles. The van der Waals surface area contributed by atoms with Crippen molar-refractivity contribution < 1.29 is 14.7 Å². The number of hydrogen-bond acceptors (Lipinski definition) is 3. The van der Waals surface area contributed by atoms with Crippen molar-refractivity contribution in [2.45, 2.75) is 19.9 Å². The van der Waals surface area contributed by atoms with Gasteiger partial charge in [-0.3, -0.25) is 14.6 Å². The number of fused-ring (bicyclic) bond motifs is 2. The van der Waals surface area contributed by atoms with Crippen LogP contribution < -0.4 is 5.32 Å². The predicted octanol–water partition coefficient (Wildman–Crippen LogP) is 1.53. The third-order valence-electron chi connectivity index (χ3n) is 4.60. The van der Waals surface area contributed by atoms with Crippen molar-refractivity contribution in [2.24, 2.45) is 23.7 Å². The molecule has 2 aliphatic rings. The molecule has 0 spiro atoms. The van der Waals surface area contributed by atoms with E-state index in [4.69, 9.17) is 0 Å². The lowest BCUT2D eigenvalue weighted by Crippen LogP contribution is -2.40. The minimum atomic E-state index is -0.874. The van der Waals surface area contributed by atoms with E-state index in [2.05, 4.69) is 10.3 Å². The van der Waals surface area contributed by atoms with Gasteiger partial charge in [-0.25, -0.2) is 0 Å². The first kappa shape index (κ1) is 13.8. The van der Waals surface area contributed by atoms with Crippen LogP contribution in [0.2, 0.25) is 0 Å². The molecule has 2 aliphatic carbocycles. The second-order valence-corrected chi connectivity index (χ2v) is 5.82. The van der Waals surface area contributed by atoms with Gasteiger partial charge in [0.1, 0.15) is 0 Å². The second kappa shape index (κ2) is 5.31. The van der Waals surface area contributed by atoms with E-state index in [0.29, 0.717) is 6.54 Å². The predicted molar refractivity (Wildman–Crippen MR) is 76.2 cm³/mol. The molecular formula is C16H18N2O3. The molecule has 1 fully saturated rings. The molecule has 2 bridgehead atoms. The van der Waals surface area contributed by atoms with Crippen LogP contribution in [0.25, 0.3) is 0 Å². The van der Waals surface area contributed by atoms with Gasteiger partial charge < -0.3 is 10.4 Å². The van der Waals surface area contributed by atoms with Crippen molar-refractivity contribution in [3.05, 3.63) is 41.7 Å². The highest BCUT2D eigenvalue weighted by atomic mass is 16.4. The molecule has 1 aromatic rings. The fourth-order valence-corrected chi connectivity index (χ4v) is 3.51. The summed E-state index contributed by atoms with van der Waals surface area (Å²) in [5.41, 5.74) is 1.83. The summed E-state index contributed by atoms with van der Waals surface area (Å²) in [7, 11) is 0. The molecule has 2 unspecified atom stereocenters. The number of aromatic nitrogens is 1. The molecule has 0 saturated heterocycles. The normalized spacial score (nSPS) is 29.6. The smallest absolute Gasteiger partial charge is 0.307 e. The van der Waals surface area contributed by atoms with Gasteiger partial charge in [-0.15, -0.1) is 0 Å². The van der Waals surface area contributed by atoms with Crippen molar-refractivity contribution in [3.63, 3.8) is 0 Å². The van der Waals surface area contributed by atoms with E-state index in [9.17, 15) is 14.7 Å². The van der Waals surface area contributed by atoms with Gasteiger partial charge in [0, 0.05) is 6.20 Å². The fraction of sp³-hybridized carbons (Fsp3) is 0.438. The highest BCUT2D eigenvalue weighted by molar-refractivity contribution is 5.86. The van der Waals surface area contributed by atoms with Crippen LogP contribution in [0, 0.1) is 30.6 Å². The maximum atomic E-state index is 12.4. The molecule has 4 atom stereocenters. The molecule has 3 rings (SSSR count). The Morgan fingerprint density at radius 3 is 2.71 bits per heavy atom. The first-order chi connectivity index (χ1) is 10.1. The summed E-state index contributed by atoms with van der Waals surface area (Å²) in [6, 6.07) is 3.79. The largest absolute Gasteiger partial charge is 0.481 e. The first-order valence-corrected chi connectivity index (χ1v) is 7.17. The van der Waals surface area contributed by atoms with Gasteiger partial charge in [0.05, 0.1) is 24.1 Å². The molecular weight excluding hydrogens is 268 g/mol. The number of pyridine rings is 1. The Labute approximate surface area is 123 Å². The average molecular weight is 286 g/mol. The van der Waals surface area contributed by atoms with Crippen LogP contribution in [0.3, 0.4) is 0 Å². The molecule has 5 heteroatoms. The van der Waals surface area contributed by atoms with Crippen LogP contribution in [0.15, 0.2) is 30.5 Å². The van der Waals surface area contributed by atoms with Crippen molar-refractivity contribution in [2.75, 3.05) is 0 Å². The summed E-state index contributed by atoms with van der Waals surface area (Å²) >= 11 is 0. The number of aliphatic carboxylic acids is 1. The van der Waals surface area contributed by atoms with E-state index < -0.39 is 17.8 Å². The molecule has 1 amide bonds. The summed E-state index contributed by atoms with van der Waals surface area (Å²) in [4.78, 5) is 28.0. The quantitative estimate of drug-likeness (QED) is 0.823. The summed E-state index contributed by atoms with van der Waals surface area (Å²) in [6.45, 7) is 2.28. The maximum absolute atomic E-state index is 12.4. The molecule has 0 aromatic carbocycles. The van der Waals surface area contributed by atoms with Crippen LogP contribution >= 0.6 is 0 Å². The third kappa shape index (κ3) is 2.44. The van der Waals surface area contributed by atoms with Gasteiger partial charge in [0.15, 0.2) is 0 Å². The van der Waals surface area contributed by atoms with E-state index in [1.807, 2.05) is 31.2 Å². The number of nitrogens with one attached hydrogen (secondary N) is 1. The van der Waals surface area contributed by atoms with Gasteiger partial charge in [0.2, 0.25) is 5.91 Å². The Hall–Kier alpha value is -2.17. The monoisotopic (exact) mass is 286 g/mol. The fourth-order valence-electron chi connectivity index (χ4n) is 3.51. The van der Waals surface area contributed by atoms with Gasteiger partial charge in [-0.2, -0.15) is 0 Å². The molecule has 5 nitrogen and oxygen atoms in total. The Morgan fingerprint density at radius 1 is 1.33 bits per heavy atom. The number of nitrogens with zero attached hydrogens (tertiary/aromatic N) is 1. The van der Waals surface area contributed by atoms with Crippen molar-refractivity contribution in [3.8, 4) is 0 Å². The molecule has 2 N–H and O–H groups in total. The molecule has 0 radical (unpaired) electrons. The lowest BCUT2D eigenvalue weighted by atomic mass is 9.82. The van der Waals surface area contributed by atoms with E-state index >= 15 is 0 Å². The van der Waals surface area contributed by atoms with E-state index in [1.54, 1.807) is 6.20 Å². The zero-order valence-electron chi connectivity index (χ0n) is 11.8. The van der Waals surface area contributed by atoms with Crippen LogP contribution in [-0.2, 0) is 16.1 Å². The summed E-state index contributed by atoms with van der Waals surface area (Å²) < 4.78 is 0. The molecule has 0 aliphatic heterocycles. The van der Waals surface area contributed by atoms with Crippen molar-refractivity contribution >= 4 is 11.9 Å². The van der Waals surface area contributed by atoms with Gasteiger partial charge in [0.25, 0.3) is 0 Å². The number of carbonyl (C=O) groups is 2. The van der Waals surface area contributed by atoms with Gasteiger partial charge >= 0.3 is 5.97 Å². The zero-order valence-corrected chi connectivity index (χ0v) is 11.8. The van der Waals surface area contributed by atoms with E-state index in [0.717, 1.165) is 17.7 Å². The Morgan fingerprint density at radius 2 is 2.05 bits per heavy atom. The summed E-state index contributed by atoms with van der Waals surface area (Å²) in [6.07, 6.45) is 6.39. The minimum Gasteiger partial charge on any atom is -0.481 e. The van der Waals surface area contributed by atoms with Crippen LogP contribution in [0.4, 0.5) is 0 Å². The van der Waals surface area contributed by atoms with Gasteiger partial charge in [-0.05, 0) is 36.8 Å². The highest BCUT2D eigenvalue weighted by Gasteiger charge is 2.51. The molecule has 1 saturated carbocycles. The number of allylic oxidation sites excluding steroid dienone is 2. The maximum Gasteiger partial charge on any atom is 0.307 e. The summed E-state index contributed by atoms with van der Waals surface area (Å²) in [5, 5.41) is 12.2. The van der Waals surface area contributed by atoms with Crippen LogP contribution in [0.1, 0.15) is 17.7 Å². The first-order valence-electron chi connectivity index (χ1n) is 7.17. The zero-order chi connectivity index (χ0) is 15.0. The lowest BCUT2D eigenvalue weighted by Gasteiger charge is -2.23. The number of carbonyl (C=O) groups excluding carboxylic acids is 1. The Bertz CT molecular complexity index is 611. The standard InChI is InChI=1S/C16H18N2O3/c1-9-3-2-6-17-12(9)8-18-15(19)13-10-4-5-11(7-10)14(13)16(20)21/h2-6,10-11,13-14H,7-8H2,1H3,(H,18,19)(H,20,21)/t10?,11?,13-,14+/m0/s1. The molecule has 21 heavy (non-hydrogen) atoms. The van der Waals surface area contributed by atoms with E-state index in [-0.39, 0.29) is 17.7 Å². The SMILES string of the molecule is Cc1cccnc1CNC(=O)[C@H]1C2C=CC(C2)[C@H]1C(=O)O. The van der Waals surface area contributed by atoms with Crippen LogP contribution in [-0.4, -0.2) is 22.0 Å². The number of carboxylic acids is 1. The van der Waals surface area contributed by atoms with E-state index in [1.165, 1.54) is 0 Å². The molecule has 1 aromatic heterocycles. The average Bonchev–Trinajstić information content (AvgIpc) is 3.06. The minimum absolute atomic E-state index is 0.000151. The number of hydrogen-bond donors (Lipinski definition) is 2. The number of amides is 1. The Balaban J connectivity index is 1.69. The topological polar surface area (TPSA) is 79.3 Å². The number of carboxylic acid groups (broad SMARTS) is 1. The summed E-state index contributed by atoms with van der Waals surface area (Å²) in [5.74, 6) is -2.04. The van der Waals surface area contributed by atoms with Crippen molar-refractivity contribution in [1.29, 1.82) is 0 Å². The lowest BCUT2D eigenvalue weighted by molar-refractivity contribution is -0.147. The molecule has 110 valence electrons. The number of rotatable bonds is 4. The van der Waals surface area contributed by atoms with Crippen LogP contribution in [0.5, 0.6) is 0 Å². The second-order valence-electron chi connectivity index (χ2n) is 5.82.